The van der Waals surface area contributed by atoms with Crippen LogP contribution in [0.2, 0.25) is 0 Å². The van der Waals surface area contributed by atoms with Crippen molar-refractivity contribution in [2.75, 3.05) is 0 Å². The molecule has 0 aliphatic heterocycles. The van der Waals surface area contributed by atoms with Gasteiger partial charge in [0.2, 0.25) is 0 Å². The van der Waals surface area contributed by atoms with Gasteiger partial charge in [-0.1, -0.05) is 29.8 Å². The molecule has 17 heavy (non-hydrogen) atoms. The lowest BCUT2D eigenvalue weighted by atomic mass is 9.93. The molecule has 0 bridgehead atoms. The van der Waals surface area contributed by atoms with E-state index in [4.69, 9.17) is 0 Å². The first kappa shape index (κ1) is 13.8. The first-order valence-electron chi connectivity index (χ1n) is 4.39. The minimum Gasteiger partial charge on any atom is -0.218 e. The van der Waals surface area contributed by atoms with Gasteiger partial charge < -0.3 is 0 Å². The Kier molecular flexibility index (Phi) is 3.15. The lowest BCUT2D eigenvalue weighted by Crippen LogP contribution is -2.50. The number of halogens is 7. The van der Waals surface area contributed by atoms with Gasteiger partial charge in [-0.15, -0.1) is 0 Å². The van der Waals surface area contributed by atoms with Crippen LogP contribution < -0.4 is 0 Å². The molecule has 0 atom stereocenters. The van der Waals surface area contributed by atoms with Gasteiger partial charge in [-0.25, -0.2) is 4.39 Å². The maximum atomic E-state index is 13.5. The summed E-state index contributed by atoms with van der Waals surface area (Å²) in [6, 6.07) is 3.21. The predicted molar refractivity (Wildman–Crippen MR) is 46.1 cm³/mol. The monoisotopic (exact) mass is 260 g/mol. The van der Waals surface area contributed by atoms with Gasteiger partial charge in [0.15, 0.2) is 0 Å². The second-order valence-electron chi connectivity index (χ2n) is 3.52. The Morgan fingerprint density at radius 2 is 1.29 bits per heavy atom. The quantitative estimate of drug-likeness (QED) is 0.661. The Morgan fingerprint density at radius 3 is 1.65 bits per heavy atom. The van der Waals surface area contributed by atoms with Gasteiger partial charge in [0.1, 0.15) is 0 Å². The van der Waals surface area contributed by atoms with E-state index < -0.39 is 23.6 Å². The maximum absolute atomic E-state index is 13.5. The minimum atomic E-state index is -6.06. The van der Waals surface area contributed by atoms with Crippen LogP contribution in [0.25, 0.3) is 0 Å². The minimum absolute atomic E-state index is 0.109. The van der Waals surface area contributed by atoms with Crippen molar-refractivity contribution in [3.8, 4) is 0 Å². The number of alkyl halides is 7. The Morgan fingerprint density at radius 1 is 0.824 bits per heavy atom. The van der Waals surface area contributed by atoms with E-state index in [1.807, 2.05) is 0 Å². The van der Waals surface area contributed by atoms with Gasteiger partial charge in [0.05, 0.1) is 0 Å². The molecule has 0 aliphatic rings. The van der Waals surface area contributed by atoms with Gasteiger partial charge in [0, 0.05) is 5.56 Å². The molecule has 7 heteroatoms. The second kappa shape index (κ2) is 3.89. The molecule has 96 valence electrons. The van der Waals surface area contributed by atoms with E-state index in [0.29, 0.717) is 12.1 Å². The lowest BCUT2D eigenvalue weighted by molar-refractivity contribution is -0.348. The summed E-state index contributed by atoms with van der Waals surface area (Å²) < 4.78 is 87.4. The van der Waals surface area contributed by atoms with Crippen LogP contribution in [0.5, 0.6) is 0 Å². The molecule has 0 aliphatic carbocycles. The third kappa shape index (κ3) is 2.23. The molecule has 0 heterocycles. The topological polar surface area (TPSA) is 0 Å². The van der Waals surface area contributed by atoms with Gasteiger partial charge in [-0.05, 0) is 6.92 Å². The van der Waals surface area contributed by atoms with E-state index in [1.54, 1.807) is 0 Å². The zero-order valence-corrected chi connectivity index (χ0v) is 8.46. The van der Waals surface area contributed by atoms with Crippen LogP contribution in [0.1, 0.15) is 11.1 Å². The number of benzene rings is 1. The highest BCUT2D eigenvalue weighted by atomic mass is 19.4. The highest BCUT2D eigenvalue weighted by Crippen LogP contribution is 2.53. The van der Waals surface area contributed by atoms with Gasteiger partial charge in [0.25, 0.3) is 0 Å². The highest BCUT2D eigenvalue weighted by molar-refractivity contribution is 5.30. The molecule has 0 nitrogen and oxygen atoms in total. The molecule has 1 aromatic carbocycles. The Labute approximate surface area is 92.0 Å². The van der Waals surface area contributed by atoms with Crippen LogP contribution in [-0.4, -0.2) is 12.4 Å². The van der Waals surface area contributed by atoms with Crippen molar-refractivity contribution >= 4 is 0 Å². The van der Waals surface area contributed by atoms with Crippen LogP contribution in [0, 0.1) is 6.92 Å². The number of hydrogen-bond donors (Lipinski definition) is 0. The van der Waals surface area contributed by atoms with E-state index in [2.05, 4.69) is 0 Å². The van der Waals surface area contributed by atoms with Crippen LogP contribution in [-0.2, 0) is 5.67 Å². The molecular weight excluding hydrogens is 253 g/mol. The van der Waals surface area contributed by atoms with Crippen LogP contribution in [0.3, 0.4) is 0 Å². The smallest absolute Gasteiger partial charge is 0.218 e. The highest BCUT2D eigenvalue weighted by Gasteiger charge is 2.73. The van der Waals surface area contributed by atoms with Crippen LogP contribution in [0.4, 0.5) is 30.7 Å². The summed E-state index contributed by atoms with van der Waals surface area (Å²) in [5, 5.41) is 0. The molecule has 0 N–H and O–H groups in total. The molecule has 1 aromatic rings. The summed E-state index contributed by atoms with van der Waals surface area (Å²) in [4.78, 5) is 0. The molecule has 0 saturated carbocycles. The average Bonchev–Trinajstić information content (AvgIpc) is 2.12. The lowest BCUT2D eigenvalue weighted by Gasteiger charge is -2.30. The van der Waals surface area contributed by atoms with Crippen molar-refractivity contribution in [2.45, 2.75) is 24.9 Å². The van der Waals surface area contributed by atoms with E-state index in [1.165, 1.54) is 13.0 Å². The summed E-state index contributed by atoms with van der Waals surface area (Å²) >= 11 is 0. The number of rotatable bonds is 1. The van der Waals surface area contributed by atoms with Crippen LogP contribution >= 0.6 is 0 Å². The SMILES string of the molecule is Cc1cccc(C(F)(C(F)(F)F)C(F)(F)F)c1. The summed E-state index contributed by atoms with van der Waals surface area (Å²) in [7, 11) is 0. The van der Waals surface area contributed by atoms with Crippen molar-refractivity contribution in [2.24, 2.45) is 0 Å². The van der Waals surface area contributed by atoms with Gasteiger partial charge in [-0.2, -0.15) is 26.3 Å². The molecule has 0 fully saturated rings. The van der Waals surface area contributed by atoms with Gasteiger partial charge >= 0.3 is 18.0 Å². The number of aryl methyl sites for hydroxylation is 1. The first-order valence-corrected chi connectivity index (χ1v) is 4.39. The van der Waals surface area contributed by atoms with E-state index in [0.717, 1.165) is 6.07 Å². The van der Waals surface area contributed by atoms with Gasteiger partial charge in [-0.3, -0.25) is 0 Å². The average molecular weight is 260 g/mol. The summed E-state index contributed by atoms with van der Waals surface area (Å²) in [5.74, 6) is 0. The summed E-state index contributed by atoms with van der Waals surface area (Å²) in [6.07, 6.45) is -12.1. The molecule has 0 radical (unpaired) electrons. The molecule has 0 spiro atoms. The fraction of sp³-hybridized carbons (Fsp3) is 0.400. The summed E-state index contributed by atoms with van der Waals surface area (Å²) in [5.41, 5.74) is -6.69. The largest absolute Gasteiger partial charge is 0.435 e. The molecule has 0 amide bonds. The number of hydrogen-bond acceptors (Lipinski definition) is 0. The third-order valence-corrected chi connectivity index (χ3v) is 2.20. The maximum Gasteiger partial charge on any atom is 0.435 e. The van der Waals surface area contributed by atoms with Crippen molar-refractivity contribution < 1.29 is 30.7 Å². The molecule has 0 saturated heterocycles. The Hall–Kier alpha value is -1.27. The zero-order chi connectivity index (χ0) is 13.5. The third-order valence-electron chi connectivity index (χ3n) is 2.20. The fourth-order valence-corrected chi connectivity index (χ4v) is 1.35. The Bertz CT molecular complexity index is 388. The van der Waals surface area contributed by atoms with Crippen molar-refractivity contribution in [3.63, 3.8) is 0 Å². The van der Waals surface area contributed by atoms with Crippen molar-refractivity contribution in [1.82, 2.24) is 0 Å². The van der Waals surface area contributed by atoms with Crippen LogP contribution in [0.15, 0.2) is 24.3 Å². The summed E-state index contributed by atoms with van der Waals surface area (Å²) in [6.45, 7) is 1.27. The molecule has 0 aromatic heterocycles. The van der Waals surface area contributed by atoms with E-state index in [-0.39, 0.29) is 5.56 Å². The van der Waals surface area contributed by atoms with E-state index >= 15 is 0 Å². The zero-order valence-electron chi connectivity index (χ0n) is 8.46. The molecule has 0 unspecified atom stereocenters. The standard InChI is InChI=1S/C10H7F7/c1-6-3-2-4-7(5-6)8(11,9(12,13)14)10(15,16)17/h2-5H,1H3. The second-order valence-corrected chi connectivity index (χ2v) is 3.52. The normalized spacial score (nSPS) is 13.9. The van der Waals surface area contributed by atoms with E-state index in [9.17, 15) is 30.7 Å². The Balaban J connectivity index is 3.46. The van der Waals surface area contributed by atoms with Crippen molar-refractivity contribution in [3.05, 3.63) is 35.4 Å². The fourth-order valence-electron chi connectivity index (χ4n) is 1.35. The molecule has 1 rings (SSSR count). The predicted octanol–water partition coefficient (Wildman–Crippen LogP) is 4.28. The van der Waals surface area contributed by atoms with Crippen molar-refractivity contribution in [1.29, 1.82) is 0 Å². The first-order chi connectivity index (χ1) is 7.50. The molecular formula is C10H7F7.